The molecule has 0 atom stereocenters. The first-order valence-corrected chi connectivity index (χ1v) is 13.1. The summed E-state index contributed by atoms with van der Waals surface area (Å²) < 4.78 is 51.3. The van der Waals surface area contributed by atoms with Crippen LogP contribution in [0.15, 0.2) is 16.9 Å². The number of halogens is 5. The number of nitrogens with one attached hydrogen (secondary N) is 3. The van der Waals surface area contributed by atoms with E-state index in [4.69, 9.17) is 34.8 Å². The molecule has 0 aliphatic rings. The van der Waals surface area contributed by atoms with Gasteiger partial charge in [-0.25, -0.2) is 17.8 Å². The maximum atomic E-state index is 12.8. The molecule has 2 heterocycles. The zero-order valence-electron chi connectivity index (χ0n) is 19.4. The molecule has 0 fully saturated rings. The molecule has 3 aromatic rings. The predicted molar refractivity (Wildman–Crippen MR) is 135 cm³/mol. The van der Waals surface area contributed by atoms with E-state index in [1.165, 1.54) is 13.0 Å². The topological polar surface area (TPSA) is 149 Å². The second-order valence-electron chi connectivity index (χ2n) is 6.86. The van der Waals surface area contributed by atoms with Gasteiger partial charge in [0, 0.05) is 13.1 Å². The second-order valence-corrected chi connectivity index (χ2v) is 9.76. The lowest BCUT2D eigenvalue weighted by molar-refractivity contribution is 0.0640. The van der Waals surface area contributed by atoms with Gasteiger partial charge in [0.15, 0.2) is 0 Å². The molecule has 36 heavy (non-hydrogen) atoms. The number of alkyl halides is 2. The Morgan fingerprint density at radius 3 is 2.00 bits per heavy atom. The molecule has 3 N–H and O–H groups in total. The summed E-state index contributed by atoms with van der Waals surface area (Å²) in [5, 5.41) is 9.74. The molecule has 1 aromatic carbocycles. The van der Waals surface area contributed by atoms with E-state index in [0.717, 1.165) is 25.4 Å². The van der Waals surface area contributed by atoms with E-state index in [2.05, 4.69) is 35.4 Å². The molecule has 12 nitrogen and oxygen atoms in total. The summed E-state index contributed by atoms with van der Waals surface area (Å²) in [5.41, 5.74) is -1.27. The molecular formula is C18H22Cl3F2N9O3S. The van der Waals surface area contributed by atoms with Crippen LogP contribution in [0.25, 0.3) is 5.69 Å². The van der Waals surface area contributed by atoms with Gasteiger partial charge in [-0.1, -0.05) is 23.2 Å². The highest BCUT2D eigenvalue weighted by atomic mass is 35.5. The molecule has 0 aliphatic heterocycles. The van der Waals surface area contributed by atoms with E-state index in [9.17, 15) is 22.0 Å². The number of aromatic nitrogens is 6. The van der Waals surface area contributed by atoms with Gasteiger partial charge in [-0.2, -0.15) is 28.4 Å². The molecule has 18 heteroatoms. The standard InChI is InChI=1S/C11H10Cl2F2N4O3S.C7H12ClN5/c1-5-16-19(11(20)18(5)10(14)15)9-4-8(17-23(2,21)22)6(12)3-7(9)13;1-3-9-6-11-5(8)12-7(13-6)10-4-2/h3-4,10,17H,1-2H3;3-4H2,1-2H3,(H2,9,10,11,12,13). The number of hydrogen-bond acceptors (Lipinski definition) is 9. The number of sulfonamides is 1. The first kappa shape index (κ1) is 29.5. The van der Waals surface area contributed by atoms with Crippen LogP contribution in [0.5, 0.6) is 0 Å². The second kappa shape index (κ2) is 12.5. The largest absolute Gasteiger partial charge is 0.355 e. The van der Waals surface area contributed by atoms with Gasteiger partial charge in [-0.15, -0.1) is 5.10 Å². The van der Waals surface area contributed by atoms with Crippen LogP contribution in [0.1, 0.15) is 26.2 Å². The third kappa shape index (κ3) is 7.88. The first-order valence-electron chi connectivity index (χ1n) is 10.1. The monoisotopic (exact) mass is 587 g/mol. The van der Waals surface area contributed by atoms with E-state index in [1.54, 1.807) is 0 Å². The molecule has 0 radical (unpaired) electrons. The zero-order valence-corrected chi connectivity index (χ0v) is 22.4. The molecule has 0 unspecified atom stereocenters. The minimum absolute atomic E-state index is 0.0257. The van der Waals surface area contributed by atoms with E-state index in [1.807, 2.05) is 13.8 Å². The molecule has 0 spiro atoms. The van der Waals surface area contributed by atoms with Crippen LogP contribution >= 0.6 is 34.8 Å². The van der Waals surface area contributed by atoms with Gasteiger partial charge in [0.25, 0.3) is 0 Å². The minimum atomic E-state index is -3.65. The third-order valence-corrected chi connectivity index (χ3v) is 5.39. The van der Waals surface area contributed by atoms with Gasteiger partial charge < -0.3 is 10.6 Å². The normalized spacial score (nSPS) is 11.2. The molecule has 0 amide bonds. The maximum absolute atomic E-state index is 12.8. The van der Waals surface area contributed by atoms with Crippen molar-refractivity contribution in [3.05, 3.63) is 43.8 Å². The maximum Gasteiger partial charge on any atom is 0.355 e. The highest BCUT2D eigenvalue weighted by Crippen LogP contribution is 2.31. The number of benzene rings is 1. The number of rotatable bonds is 8. The van der Waals surface area contributed by atoms with Crippen molar-refractivity contribution in [2.75, 3.05) is 34.7 Å². The molecule has 2 aromatic heterocycles. The molecule has 0 bridgehead atoms. The Kier molecular flexibility index (Phi) is 10.2. The van der Waals surface area contributed by atoms with Crippen LogP contribution in [0, 0.1) is 6.92 Å². The average molecular weight is 589 g/mol. The van der Waals surface area contributed by atoms with E-state index >= 15 is 0 Å². The van der Waals surface area contributed by atoms with E-state index in [0.29, 0.717) is 16.6 Å². The van der Waals surface area contributed by atoms with Crippen molar-refractivity contribution >= 4 is 62.4 Å². The van der Waals surface area contributed by atoms with Gasteiger partial charge in [0.1, 0.15) is 5.82 Å². The van der Waals surface area contributed by atoms with E-state index in [-0.39, 0.29) is 37.1 Å². The van der Waals surface area contributed by atoms with Crippen LogP contribution in [0.4, 0.5) is 26.4 Å². The molecule has 198 valence electrons. The Balaban J connectivity index is 0.000000297. The summed E-state index contributed by atoms with van der Waals surface area (Å²) in [6.45, 7) is 3.59. The number of nitrogens with zero attached hydrogens (tertiary/aromatic N) is 6. The SMILES string of the molecule is CCNc1nc(Cl)nc(NCC)n1.Cc1nn(-c2cc(NS(C)(=O)=O)c(Cl)cc2Cl)c(=O)n1C(F)F. The average Bonchev–Trinajstić information content (AvgIpc) is 3.03. The summed E-state index contributed by atoms with van der Waals surface area (Å²) >= 11 is 17.5. The number of anilines is 3. The van der Waals surface area contributed by atoms with Crippen molar-refractivity contribution in [2.45, 2.75) is 27.3 Å². The van der Waals surface area contributed by atoms with Gasteiger partial charge in [-0.3, -0.25) is 4.72 Å². The summed E-state index contributed by atoms with van der Waals surface area (Å²) in [7, 11) is -3.65. The van der Waals surface area contributed by atoms with Crippen molar-refractivity contribution in [2.24, 2.45) is 0 Å². The van der Waals surface area contributed by atoms with Crippen molar-refractivity contribution in [1.29, 1.82) is 0 Å². The van der Waals surface area contributed by atoms with Gasteiger partial charge in [0.05, 0.1) is 27.7 Å². The fraction of sp³-hybridized carbons (Fsp3) is 0.389. The molecular weight excluding hydrogens is 567 g/mol. The molecule has 0 saturated heterocycles. The third-order valence-electron chi connectivity index (χ3n) is 4.01. The molecule has 3 rings (SSSR count). The summed E-state index contributed by atoms with van der Waals surface area (Å²) in [6.07, 6.45) is 0.902. The van der Waals surface area contributed by atoms with Gasteiger partial charge in [0.2, 0.25) is 27.2 Å². The van der Waals surface area contributed by atoms with Crippen molar-refractivity contribution in [3.8, 4) is 5.69 Å². The Morgan fingerprint density at radius 1 is 1.00 bits per heavy atom. The number of aryl methyl sites for hydroxylation is 1. The molecule has 0 saturated carbocycles. The minimum Gasteiger partial charge on any atom is -0.354 e. The first-order chi connectivity index (χ1) is 16.8. The van der Waals surface area contributed by atoms with Crippen LogP contribution in [0.3, 0.4) is 0 Å². The highest BCUT2D eigenvalue weighted by molar-refractivity contribution is 7.92. The van der Waals surface area contributed by atoms with Crippen molar-refractivity contribution < 1.29 is 17.2 Å². The lowest BCUT2D eigenvalue weighted by Crippen LogP contribution is -2.25. The predicted octanol–water partition coefficient (Wildman–Crippen LogP) is 3.80. The summed E-state index contributed by atoms with van der Waals surface area (Å²) in [6, 6.07) is 2.31. The zero-order chi connectivity index (χ0) is 27.2. The van der Waals surface area contributed by atoms with Crippen LogP contribution in [0.2, 0.25) is 15.3 Å². The van der Waals surface area contributed by atoms with Crippen molar-refractivity contribution in [1.82, 2.24) is 29.3 Å². The number of hydrogen-bond donors (Lipinski definition) is 3. The Morgan fingerprint density at radius 2 is 1.56 bits per heavy atom. The van der Waals surface area contributed by atoms with E-state index < -0.39 is 22.3 Å². The fourth-order valence-electron chi connectivity index (χ4n) is 2.66. The van der Waals surface area contributed by atoms with Crippen LogP contribution in [-0.2, 0) is 10.0 Å². The smallest absolute Gasteiger partial charge is 0.354 e. The fourth-order valence-corrected chi connectivity index (χ4v) is 3.95. The Labute approximate surface area is 220 Å². The summed E-state index contributed by atoms with van der Waals surface area (Å²) in [5.74, 6) is 0.769. The lowest BCUT2D eigenvalue weighted by Gasteiger charge is -2.10. The molecule has 0 aliphatic carbocycles. The van der Waals surface area contributed by atoms with Gasteiger partial charge in [-0.05, 0) is 44.5 Å². The quantitative estimate of drug-likeness (QED) is 0.357. The Hall–Kier alpha value is -2.75. The van der Waals surface area contributed by atoms with Crippen LogP contribution < -0.4 is 21.0 Å². The Bertz CT molecular complexity index is 1360. The van der Waals surface area contributed by atoms with Crippen molar-refractivity contribution in [3.63, 3.8) is 0 Å². The van der Waals surface area contributed by atoms with Crippen LogP contribution in [-0.4, -0.2) is 57.1 Å². The van der Waals surface area contributed by atoms with Gasteiger partial charge >= 0.3 is 12.2 Å². The lowest BCUT2D eigenvalue weighted by atomic mass is 10.3. The highest BCUT2D eigenvalue weighted by Gasteiger charge is 2.21. The summed E-state index contributed by atoms with van der Waals surface area (Å²) in [4.78, 5) is 23.9.